The number of nitrogens with one attached hydrogen (secondary N) is 2. The smallest absolute Gasteiger partial charge is 0.187 e. The van der Waals surface area contributed by atoms with E-state index in [1.807, 2.05) is 0 Å². The first-order valence-corrected chi connectivity index (χ1v) is 14.3. The van der Waals surface area contributed by atoms with Crippen molar-refractivity contribution in [1.29, 1.82) is 0 Å². The lowest BCUT2D eigenvalue weighted by Crippen LogP contribution is -2.66. The maximum atomic E-state index is 10.7. The van der Waals surface area contributed by atoms with Crippen molar-refractivity contribution in [2.45, 2.75) is 112 Å². The fourth-order valence-corrected chi connectivity index (χ4v) is 5.75. The van der Waals surface area contributed by atoms with Gasteiger partial charge in [-0.25, -0.2) is 0 Å². The van der Waals surface area contributed by atoms with Gasteiger partial charge in [0.05, 0.1) is 31.5 Å². The Morgan fingerprint density at radius 1 is 0.756 bits per heavy atom. The van der Waals surface area contributed by atoms with Crippen LogP contribution in [0.2, 0.25) is 0 Å². The van der Waals surface area contributed by atoms with Gasteiger partial charge in [0.15, 0.2) is 6.29 Å². The van der Waals surface area contributed by atoms with Gasteiger partial charge in [0, 0.05) is 18.6 Å². The maximum Gasteiger partial charge on any atom is 0.187 e. The summed E-state index contributed by atoms with van der Waals surface area (Å²) >= 11 is 0. The van der Waals surface area contributed by atoms with Crippen LogP contribution in [0.15, 0.2) is 11.6 Å². The molecule has 3 fully saturated rings. The Hall–Kier alpha value is -0.860. The van der Waals surface area contributed by atoms with E-state index in [9.17, 15) is 56.2 Å². The lowest BCUT2D eigenvalue weighted by molar-refractivity contribution is -0.328. The second kappa shape index (κ2) is 16.3. The predicted octanol–water partition coefficient (Wildman–Crippen LogP) is -5.60. The van der Waals surface area contributed by atoms with Gasteiger partial charge in [-0.3, -0.25) is 0 Å². The van der Waals surface area contributed by atoms with Crippen LogP contribution in [0, 0.1) is 5.92 Å². The predicted molar refractivity (Wildman–Crippen MR) is 141 cm³/mol. The first-order valence-electron chi connectivity index (χ1n) is 14.3. The molecule has 0 bridgehead atoms. The van der Waals surface area contributed by atoms with E-state index < -0.39 is 105 Å². The average molecular weight is 597 g/mol. The molecule has 15 nitrogen and oxygen atoms in total. The minimum atomic E-state index is -1.75. The van der Waals surface area contributed by atoms with Gasteiger partial charge >= 0.3 is 0 Å². The Morgan fingerprint density at radius 3 is 2.00 bits per heavy atom. The number of aliphatic hydroxyl groups is 11. The molecule has 0 aromatic carbocycles. The van der Waals surface area contributed by atoms with Crippen molar-refractivity contribution in [3.8, 4) is 0 Å². The van der Waals surface area contributed by atoms with Crippen LogP contribution in [0.25, 0.3) is 0 Å². The van der Waals surface area contributed by atoms with Gasteiger partial charge in [0.2, 0.25) is 0 Å². The summed E-state index contributed by atoms with van der Waals surface area (Å²) in [6.45, 7) is 0.702. The van der Waals surface area contributed by atoms with Crippen LogP contribution in [0.4, 0.5) is 0 Å². The van der Waals surface area contributed by atoms with E-state index in [0.717, 1.165) is 0 Å². The van der Waals surface area contributed by atoms with Crippen molar-refractivity contribution in [3.63, 3.8) is 0 Å². The lowest BCUT2D eigenvalue weighted by Gasteiger charge is -2.47. The van der Waals surface area contributed by atoms with Crippen LogP contribution in [0.5, 0.6) is 0 Å². The summed E-state index contributed by atoms with van der Waals surface area (Å²) in [5.41, 5.74) is 0.0590. The van der Waals surface area contributed by atoms with E-state index in [1.165, 1.54) is 44.8 Å². The van der Waals surface area contributed by atoms with Crippen LogP contribution >= 0.6 is 0 Å². The molecule has 0 spiro atoms. The highest BCUT2D eigenvalue weighted by Gasteiger charge is 2.50. The van der Waals surface area contributed by atoms with Gasteiger partial charge in [-0.15, -0.1) is 0 Å². The van der Waals surface area contributed by atoms with Crippen LogP contribution in [0.3, 0.4) is 0 Å². The molecule has 0 amide bonds. The fraction of sp³-hybridized carbons (Fsp3) is 0.923. The normalized spacial score (nSPS) is 45.7. The van der Waals surface area contributed by atoms with E-state index >= 15 is 0 Å². The summed E-state index contributed by atoms with van der Waals surface area (Å²) in [5, 5.41) is 116. The van der Waals surface area contributed by atoms with Crippen LogP contribution < -0.4 is 10.6 Å². The van der Waals surface area contributed by atoms with Crippen molar-refractivity contribution in [2.75, 3.05) is 32.9 Å². The van der Waals surface area contributed by atoms with Crippen molar-refractivity contribution in [1.82, 2.24) is 10.6 Å². The zero-order valence-electron chi connectivity index (χ0n) is 23.0. The number of aliphatic hydroxyl groups excluding tert-OH is 11. The van der Waals surface area contributed by atoms with Gasteiger partial charge in [-0.2, -0.15) is 0 Å². The molecule has 0 aromatic rings. The molecule has 1 saturated carbocycles. The second-order valence-corrected chi connectivity index (χ2v) is 11.2. The number of hydrogen-bond donors (Lipinski definition) is 13. The van der Waals surface area contributed by atoms with Gasteiger partial charge in [0.1, 0.15) is 48.8 Å². The van der Waals surface area contributed by atoms with Crippen LogP contribution in [-0.2, 0) is 9.47 Å². The Kier molecular flexibility index (Phi) is 13.7. The first kappa shape index (κ1) is 34.6. The molecule has 14 atom stereocenters. The van der Waals surface area contributed by atoms with Gasteiger partial charge in [0.25, 0.3) is 0 Å². The summed E-state index contributed by atoms with van der Waals surface area (Å²) in [5.74, 6) is -0.833. The van der Waals surface area contributed by atoms with Crippen molar-refractivity contribution in [2.24, 2.45) is 5.92 Å². The zero-order valence-corrected chi connectivity index (χ0v) is 23.0. The number of rotatable bonds is 7. The highest BCUT2D eigenvalue weighted by Crippen LogP contribution is 2.33. The minimum Gasteiger partial charge on any atom is -0.396 e. The van der Waals surface area contributed by atoms with Crippen molar-refractivity contribution < 1.29 is 65.6 Å². The van der Waals surface area contributed by atoms with E-state index in [2.05, 4.69) is 10.6 Å². The Balaban J connectivity index is 0.000000575. The summed E-state index contributed by atoms with van der Waals surface area (Å²) in [7, 11) is 0. The average Bonchev–Trinajstić information content (AvgIpc) is 3.30. The van der Waals surface area contributed by atoms with E-state index in [4.69, 9.17) is 9.47 Å². The Morgan fingerprint density at radius 2 is 1.41 bits per heavy atom. The number of ether oxygens (including phenoxy) is 2. The molecular formula is C26H48N2O13. The molecule has 4 rings (SSSR count). The quantitative estimate of drug-likeness (QED) is 0.122. The monoisotopic (exact) mass is 596 g/mol. The molecule has 2 saturated heterocycles. The zero-order chi connectivity index (χ0) is 30.3. The molecule has 240 valence electrons. The highest BCUT2D eigenvalue weighted by molar-refractivity contribution is 5.22. The topological polar surface area (TPSA) is 265 Å². The minimum absolute atomic E-state index is 0.0129. The molecule has 0 aromatic heterocycles. The van der Waals surface area contributed by atoms with Gasteiger partial charge < -0.3 is 76.3 Å². The molecule has 4 aliphatic rings. The van der Waals surface area contributed by atoms with E-state index in [1.54, 1.807) is 0 Å². The van der Waals surface area contributed by atoms with E-state index in [-0.39, 0.29) is 12.0 Å². The van der Waals surface area contributed by atoms with Gasteiger partial charge in [-0.1, -0.05) is 18.9 Å². The largest absolute Gasteiger partial charge is 0.396 e. The summed E-state index contributed by atoms with van der Waals surface area (Å²) < 4.78 is 10.9. The molecule has 0 unspecified atom stereocenters. The molecule has 15 heteroatoms. The first-order chi connectivity index (χ1) is 19.5. The van der Waals surface area contributed by atoms with Crippen LogP contribution in [-0.4, -0.2) is 168 Å². The molecule has 2 aliphatic carbocycles. The molecule has 13 N–H and O–H groups in total. The lowest BCUT2D eigenvalue weighted by atomic mass is 9.78. The molecular weight excluding hydrogens is 548 g/mol. The molecule has 0 radical (unpaired) electrons. The van der Waals surface area contributed by atoms with Gasteiger partial charge in [-0.05, 0) is 37.9 Å². The third-order valence-electron chi connectivity index (χ3n) is 8.36. The standard InChI is InChI=1S/C20H35NO13.C6H13N/c22-3-6-1-8(12(26)15(29)11(6)25)21-9-2-7(4-23)19(17(31)13(9)27)34-20-18(32)16(30)14(28)10(5-24)33-20;1-2-4-6-7-5-3-1/h1,7-32H,2-5H2;7H,1-6H2/t7-,8+,9+,10-,11+,12+,13+,14-,15+,16+,17-,18-,19-,20+;/m1./s1. The molecule has 2 aliphatic heterocycles. The summed E-state index contributed by atoms with van der Waals surface area (Å²) in [4.78, 5) is 0. The Bertz CT molecular complexity index is 786. The summed E-state index contributed by atoms with van der Waals surface area (Å²) in [6.07, 6.45) is -10.00. The third kappa shape index (κ3) is 8.41. The Labute approximate surface area is 238 Å². The summed E-state index contributed by atoms with van der Waals surface area (Å²) in [6, 6.07) is -1.94. The maximum absolute atomic E-state index is 10.7. The molecule has 41 heavy (non-hydrogen) atoms. The highest BCUT2D eigenvalue weighted by atomic mass is 16.7. The van der Waals surface area contributed by atoms with Crippen molar-refractivity contribution in [3.05, 3.63) is 11.6 Å². The SMILES string of the molecule is C1CCCNCC1.OCC1=C[C@H](N[C@H]2C[C@H](CO)[C@@H](O[C@@H]3O[C@H](CO)[C@@H](O)[C@H](O)[C@H]3O)[C@H](O)[C@H]2O)[C@H](O)[C@@H](O)[C@H]1O. The third-order valence-corrected chi connectivity index (χ3v) is 8.36. The fourth-order valence-electron chi connectivity index (χ4n) is 5.75. The molecule has 2 heterocycles. The van der Waals surface area contributed by atoms with Crippen LogP contribution in [0.1, 0.15) is 32.1 Å². The number of hydrogen-bond acceptors (Lipinski definition) is 15. The van der Waals surface area contributed by atoms with E-state index in [0.29, 0.717) is 0 Å². The second-order valence-electron chi connectivity index (χ2n) is 11.2. The van der Waals surface area contributed by atoms with Crippen molar-refractivity contribution >= 4 is 0 Å².